The van der Waals surface area contributed by atoms with Crippen LogP contribution in [0.25, 0.3) is 0 Å². The molecule has 0 aliphatic carbocycles. The van der Waals surface area contributed by atoms with Crippen LogP contribution in [0.4, 0.5) is 52.7 Å². The third-order valence-electron chi connectivity index (χ3n) is 4.22. The van der Waals surface area contributed by atoms with E-state index in [2.05, 4.69) is 4.99 Å². The first-order valence-corrected chi connectivity index (χ1v) is 8.02. The van der Waals surface area contributed by atoms with Gasteiger partial charge in [-0.1, -0.05) is 20.8 Å². The zero-order valence-corrected chi connectivity index (χ0v) is 15.1. The Hall–Kier alpha value is -1.50. The Balaban J connectivity index is 6.22. The molecule has 0 rings (SSSR count). The molecule has 0 spiro atoms. The molecule has 2 atom stereocenters. The highest BCUT2D eigenvalue weighted by molar-refractivity contribution is 5.87. The maximum atomic E-state index is 14.0. The summed E-state index contributed by atoms with van der Waals surface area (Å²) in [6.07, 6.45) is -6.76. The van der Waals surface area contributed by atoms with Crippen molar-refractivity contribution in [2.75, 3.05) is 0 Å². The molecular formula is C15H17F12NO. The molecule has 2 unspecified atom stereocenters. The van der Waals surface area contributed by atoms with Crippen molar-refractivity contribution in [3.05, 3.63) is 0 Å². The molecule has 172 valence electrons. The van der Waals surface area contributed by atoms with Gasteiger partial charge in [0.2, 0.25) is 5.91 Å². The Morgan fingerprint density at radius 1 is 0.793 bits per heavy atom. The number of carbonyl (C=O) groups excluding carboxylic acids is 1. The second-order valence-electron chi connectivity index (χ2n) is 6.21. The lowest BCUT2D eigenvalue weighted by atomic mass is 9.87. The SMILES string of the molecule is CCC(C)C(=O)N=CC(CC)C(F)(F)C(F)(F)C(F)(F)C(F)(F)C(F)(F)C(F)F. The highest BCUT2D eigenvalue weighted by Crippen LogP contribution is 2.59. The lowest BCUT2D eigenvalue weighted by molar-refractivity contribution is -0.415. The maximum Gasteiger partial charge on any atom is 0.384 e. The second-order valence-corrected chi connectivity index (χ2v) is 6.21. The van der Waals surface area contributed by atoms with E-state index in [-0.39, 0.29) is 12.6 Å². The average Bonchev–Trinajstić information content (AvgIpc) is 2.59. The number of rotatable bonds is 10. The second kappa shape index (κ2) is 8.70. The molecule has 0 saturated heterocycles. The van der Waals surface area contributed by atoms with Crippen molar-refractivity contribution in [2.45, 2.75) is 69.7 Å². The van der Waals surface area contributed by atoms with Crippen LogP contribution < -0.4 is 0 Å². The summed E-state index contributed by atoms with van der Waals surface area (Å²) in [7, 11) is 0. The van der Waals surface area contributed by atoms with Crippen molar-refractivity contribution < 1.29 is 57.5 Å². The fraction of sp³-hybridized carbons (Fsp3) is 0.867. The van der Waals surface area contributed by atoms with Gasteiger partial charge < -0.3 is 0 Å². The van der Waals surface area contributed by atoms with Crippen molar-refractivity contribution in [1.29, 1.82) is 0 Å². The van der Waals surface area contributed by atoms with Crippen LogP contribution in [-0.4, -0.2) is 48.2 Å². The molecule has 0 aromatic rings. The molecule has 0 aromatic carbocycles. The van der Waals surface area contributed by atoms with Crippen molar-refractivity contribution in [2.24, 2.45) is 16.8 Å². The van der Waals surface area contributed by atoms with E-state index in [0.29, 0.717) is 6.92 Å². The lowest BCUT2D eigenvalue weighted by Crippen LogP contribution is -2.69. The number of alkyl halides is 12. The zero-order valence-electron chi connectivity index (χ0n) is 15.1. The summed E-state index contributed by atoms with van der Waals surface area (Å²) in [5, 5.41) is 0. The van der Waals surface area contributed by atoms with Gasteiger partial charge in [0.05, 0.1) is 5.92 Å². The third kappa shape index (κ3) is 4.49. The molecule has 0 aromatic heterocycles. The average molecular weight is 455 g/mol. The number of halogens is 12. The van der Waals surface area contributed by atoms with Gasteiger partial charge in [0.15, 0.2) is 0 Å². The molecule has 1 amide bonds. The van der Waals surface area contributed by atoms with Gasteiger partial charge in [0.25, 0.3) is 0 Å². The van der Waals surface area contributed by atoms with E-state index in [1.807, 2.05) is 0 Å². The van der Waals surface area contributed by atoms with Gasteiger partial charge in [0.1, 0.15) is 0 Å². The highest BCUT2D eigenvalue weighted by atomic mass is 19.4. The van der Waals surface area contributed by atoms with Crippen LogP contribution in [0, 0.1) is 11.8 Å². The predicted octanol–water partition coefficient (Wildman–Crippen LogP) is 6.10. The quantitative estimate of drug-likeness (QED) is 0.289. The molecule has 0 fully saturated rings. The van der Waals surface area contributed by atoms with E-state index < -0.39 is 60.2 Å². The van der Waals surface area contributed by atoms with Gasteiger partial charge in [-0.15, -0.1) is 0 Å². The van der Waals surface area contributed by atoms with Gasteiger partial charge in [-0.25, -0.2) is 13.8 Å². The zero-order chi connectivity index (χ0) is 23.6. The largest absolute Gasteiger partial charge is 0.384 e. The molecule has 0 radical (unpaired) electrons. The first-order valence-electron chi connectivity index (χ1n) is 8.02. The van der Waals surface area contributed by atoms with Crippen molar-refractivity contribution >= 4 is 12.1 Å². The molecule has 0 aliphatic heterocycles. The molecule has 0 aliphatic rings. The van der Waals surface area contributed by atoms with E-state index in [0.717, 1.165) is 0 Å². The summed E-state index contributed by atoms with van der Waals surface area (Å²) < 4.78 is 159. The normalized spacial score (nSPS) is 17.1. The number of carbonyl (C=O) groups is 1. The molecule has 0 heterocycles. The van der Waals surface area contributed by atoms with E-state index in [4.69, 9.17) is 0 Å². The number of nitrogens with zero attached hydrogens (tertiary/aromatic N) is 1. The summed E-state index contributed by atoms with van der Waals surface area (Å²) >= 11 is 0. The fourth-order valence-corrected chi connectivity index (χ4v) is 1.91. The topological polar surface area (TPSA) is 29.4 Å². The molecule has 0 bridgehead atoms. The summed E-state index contributed by atoms with van der Waals surface area (Å²) in [6.45, 7) is 3.43. The summed E-state index contributed by atoms with van der Waals surface area (Å²) in [6, 6.07) is 0. The summed E-state index contributed by atoms with van der Waals surface area (Å²) in [4.78, 5) is 14.3. The van der Waals surface area contributed by atoms with Crippen LogP contribution in [0.3, 0.4) is 0 Å². The van der Waals surface area contributed by atoms with Gasteiger partial charge >= 0.3 is 36.0 Å². The Morgan fingerprint density at radius 3 is 1.55 bits per heavy atom. The van der Waals surface area contributed by atoms with Gasteiger partial charge in [-0.2, -0.15) is 43.9 Å². The standard InChI is InChI=1S/C15H17F12NO/c1-4-7(3)9(29)28-6-8(5-2)11(18,19)13(22,23)15(26,27)14(24,25)12(20,21)10(16)17/h6-8,10H,4-5H2,1-3H3. The van der Waals surface area contributed by atoms with Crippen molar-refractivity contribution in [3.8, 4) is 0 Å². The summed E-state index contributed by atoms with van der Waals surface area (Å²) in [5.74, 6) is -40.6. The van der Waals surface area contributed by atoms with Crippen LogP contribution >= 0.6 is 0 Å². The molecule has 14 heteroatoms. The van der Waals surface area contributed by atoms with Crippen LogP contribution in [0.15, 0.2) is 4.99 Å². The number of hydrogen-bond donors (Lipinski definition) is 0. The monoisotopic (exact) mass is 455 g/mol. The lowest BCUT2D eigenvalue weighted by Gasteiger charge is -2.40. The smallest absolute Gasteiger partial charge is 0.272 e. The maximum absolute atomic E-state index is 14.0. The Kier molecular flexibility index (Phi) is 8.25. The predicted molar refractivity (Wildman–Crippen MR) is 77.5 cm³/mol. The van der Waals surface area contributed by atoms with Crippen molar-refractivity contribution in [3.63, 3.8) is 0 Å². The van der Waals surface area contributed by atoms with Crippen LogP contribution in [0.2, 0.25) is 0 Å². The van der Waals surface area contributed by atoms with Crippen LogP contribution in [0.1, 0.15) is 33.6 Å². The molecule has 0 saturated carbocycles. The van der Waals surface area contributed by atoms with E-state index in [1.165, 1.54) is 13.8 Å². The number of amides is 1. The van der Waals surface area contributed by atoms with Crippen LogP contribution in [0.5, 0.6) is 0 Å². The first kappa shape index (κ1) is 27.5. The minimum absolute atomic E-state index is 0.131. The third-order valence-corrected chi connectivity index (χ3v) is 4.22. The Bertz CT molecular complexity index is 602. The summed E-state index contributed by atoms with van der Waals surface area (Å²) in [5.41, 5.74) is 0. The minimum Gasteiger partial charge on any atom is -0.272 e. The molecule has 0 N–H and O–H groups in total. The van der Waals surface area contributed by atoms with E-state index in [9.17, 15) is 57.5 Å². The van der Waals surface area contributed by atoms with Crippen molar-refractivity contribution in [1.82, 2.24) is 0 Å². The molecule has 29 heavy (non-hydrogen) atoms. The molecule has 2 nitrogen and oxygen atoms in total. The fourth-order valence-electron chi connectivity index (χ4n) is 1.91. The van der Waals surface area contributed by atoms with Crippen LogP contribution in [-0.2, 0) is 4.79 Å². The number of aliphatic imine (C=N–C) groups is 1. The number of hydrogen-bond acceptors (Lipinski definition) is 1. The van der Waals surface area contributed by atoms with Gasteiger partial charge in [-0.05, 0) is 12.8 Å². The first-order chi connectivity index (χ1) is 12.8. The van der Waals surface area contributed by atoms with E-state index in [1.54, 1.807) is 0 Å². The van der Waals surface area contributed by atoms with Gasteiger partial charge in [-0.3, -0.25) is 4.79 Å². The Labute approximate surface area is 157 Å². The Morgan fingerprint density at radius 2 is 1.21 bits per heavy atom. The van der Waals surface area contributed by atoms with E-state index >= 15 is 0 Å². The van der Waals surface area contributed by atoms with Gasteiger partial charge in [0, 0.05) is 12.1 Å². The highest BCUT2D eigenvalue weighted by Gasteiger charge is 2.88. The minimum atomic E-state index is -7.59. The molecular weight excluding hydrogens is 438 g/mol.